The Hall–Kier alpha value is -4.36. The number of nitrogens with zero attached hydrogens (tertiary/aromatic N) is 3. The number of anilines is 1. The molecule has 7 heteroatoms. The number of fused-ring (bicyclic) bond motifs is 3. The van der Waals surface area contributed by atoms with Gasteiger partial charge < -0.3 is 4.90 Å². The summed E-state index contributed by atoms with van der Waals surface area (Å²) in [6, 6.07) is 22.3. The van der Waals surface area contributed by atoms with E-state index in [4.69, 9.17) is 0 Å². The van der Waals surface area contributed by atoms with Crippen LogP contribution >= 0.6 is 0 Å². The number of halogens is 3. The van der Waals surface area contributed by atoms with Gasteiger partial charge in [-0.25, -0.2) is 0 Å². The quantitative estimate of drug-likeness (QED) is 0.442. The highest BCUT2D eigenvalue weighted by Gasteiger charge is 2.64. The number of hydrogen-bond acceptors (Lipinski definition) is 4. The number of ketones is 1. The van der Waals surface area contributed by atoms with Crippen LogP contribution in [0.4, 0.5) is 18.9 Å². The molecule has 0 bridgehead atoms. The van der Waals surface area contributed by atoms with Crippen molar-refractivity contribution in [3.8, 4) is 12.1 Å². The van der Waals surface area contributed by atoms with Crippen LogP contribution in [0.2, 0.25) is 0 Å². The van der Waals surface area contributed by atoms with Gasteiger partial charge in [-0.1, -0.05) is 78.9 Å². The first-order valence-corrected chi connectivity index (χ1v) is 11.0. The summed E-state index contributed by atoms with van der Waals surface area (Å²) in [4.78, 5) is 15.7. The van der Waals surface area contributed by atoms with Gasteiger partial charge in [0.2, 0.25) is 0 Å². The monoisotopic (exact) mass is 469 g/mol. The Morgan fingerprint density at radius 3 is 2.20 bits per heavy atom. The standard InChI is InChI=1S/C28H18F3N3O/c29-28(30,31)21-12-6-5-11-20(21)24-25(26(35)19-9-2-1-3-10-19)34-22-13-7-4-8-18(22)14-15-23(34)27(24,16-32)17-33/h1-15,23-25H. The van der Waals surface area contributed by atoms with Gasteiger partial charge in [-0.3, -0.25) is 4.79 Å². The third-order valence-electron chi connectivity index (χ3n) is 6.84. The van der Waals surface area contributed by atoms with Gasteiger partial charge in [-0.15, -0.1) is 0 Å². The summed E-state index contributed by atoms with van der Waals surface area (Å²) in [7, 11) is 0. The molecule has 0 aliphatic carbocycles. The summed E-state index contributed by atoms with van der Waals surface area (Å²) in [6.45, 7) is 0. The summed E-state index contributed by atoms with van der Waals surface area (Å²) in [5.41, 5.74) is -1.49. The van der Waals surface area contributed by atoms with E-state index in [0.29, 0.717) is 11.3 Å². The first kappa shape index (κ1) is 22.4. The van der Waals surface area contributed by atoms with E-state index in [-0.39, 0.29) is 5.56 Å². The van der Waals surface area contributed by atoms with Gasteiger partial charge in [-0.05, 0) is 23.3 Å². The Morgan fingerprint density at radius 1 is 0.886 bits per heavy atom. The van der Waals surface area contributed by atoms with Crippen molar-refractivity contribution >= 4 is 17.5 Å². The summed E-state index contributed by atoms with van der Waals surface area (Å²) in [5, 5.41) is 20.7. The van der Waals surface area contributed by atoms with Crippen LogP contribution < -0.4 is 4.90 Å². The molecule has 3 atom stereocenters. The smallest absolute Gasteiger partial charge is 0.351 e. The minimum atomic E-state index is -4.73. The molecule has 0 amide bonds. The first-order valence-electron chi connectivity index (χ1n) is 11.0. The Kier molecular flexibility index (Phi) is 5.22. The third-order valence-corrected chi connectivity index (χ3v) is 6.84. The van der Waals surface area contributed by atoms with Gasteiger partial charge >= 0.3 is 6.18 Å². The van der Waals surface area contributed by atoms with Gasteiger partial charge in [0.15, 0.2) is 11.2 Å². The Balaban J connectivity index is 1.84. The molecule has 4 nitrogen and oxygen atoms in total. The number of benzene rings is 3. The lowest BCUT2D eigenvalue weighted by Gasteiger charge is -2.35. The lowest BCUT2D eigenvalue weighted by atomic mass is 9.68. The topological polar surface area (TPSA) is 67.9 Å². The molecule has 0 saturated carbocycles. The second kappa shape index (κ2) is 8.14. The van der Waals surface area contributed by atoms with Gasteiger partial charge in [0.05, 0.1) is 23.7 Å². The van der Waals surface area contributed by atoms with Crippen LogP contribution in [0.5, 0.6) is 0 Å². The molecule has 0 N–H and O–H groups in total. The van der Waals surface area contributed by atoms with Gasteiger partial charge in [0.25, 0.3) is 0 Å². The summed E-state index contributed by atoms with van der Waals surface area (Å²) in [5.74, 6) is -1.81. The van der Waals surface area contributed by atoms with Crippen molar-refractivity contribution < 1.29 is 18.0 Å². The summed E-state index contributed by atoms with van der Waals surface area (Å²) >= 11 is 0. The molecule has 2 aliphatic rings. The minimum Gasteiger partial charge on any atom is -0.351 e. The number of alkyl halides is 3. The molecule has 3 aromatic rings. The predicted molar refractivity (Wildman–Crippen MR) is 124 cm³/mol. The van der Waals surface area contributed by atoms with Crippen molar-refractivity contribution in [2.24, 2.45) is 5.41 Å². The predicted octanol–water partition coefficient (Wildman–Crippen LogP) is 5.99. The molecule has 0 spiro atoms. The van der Waals surface area contributed by atoms with Crippen LogP contribution in [0.15, 0.2) is 84.9 Å². The SMILES string of the molecule is N#CC1(C#N)C(c2ccccc2C(F)(F)F)C(C(=O)c2ccccc2)N2c3ccccc3C=CC21. The fraction of sp³-hybridized carbons (Fsp3) is 0.179. The van der Waals surface area contributed by atoms with Crippen molar-refractivity contribution in [3.05, 3.63) is 107 Å². The highest BCUT2D eigenvalue weighted by Crippen LogP contribution is 2.57. The number of rotatable bonds is 3. The molecule has 5 rings (SSSR count). The lowest BCUT2D eigenvalue weighted by Crippen LogP contribution is -2.44. The molecule has 1 saturated heterocycles. The summed E-state index contributed by atoms with van der Waals surface area (Å²) < 4.78 is 42.4. The van der Waals surface area contributed by atoms with Crippen LogP contribution in [-0.2, 0) is 6.18 Å². The second-order valence-corrected chi connectivity index (χ2v) is 8.60. The third kappa shape index (κ3) is 3.32. The molecule has 3 unspecified atom stereocenters. The fourth-order valence-electron chi connectivity index (χ4n) is 5.38. The van der Waals surface area contributed by atoms with Crippen LogP contribution in [0.25, 0.3) is 6.08 Å². The molecule has 2 aliphatic heterocycles. The van der Waals surface area contributed by atoms with Crippen LogP contribution in [0, 0.1) is 28.1 Å². The molecule has 0 aromatic heterocycles. The van der Waals surface area contributed by atoms with E-state index in [9.17, 15) is 28.5 Å². The van der Waals surface area contributed by atoms with Crippen molar-refractivity contribution in [1.29, 1.82) is 10.5 Å². The zero-order valence-corrected chi connectivity index (χ0v) is 18.3. The number of nitriles is 2. The number of Topliss-reactive ketones (excluding diaryl/α,β-unsaturated/α-hetero) is 1. The second-order valence-electron chi connectivity index (χ2n) is 8.60. The van der Waals surface area contributed by atoms with Crippen molar-refractivity contribution in [2.75, 3.05) is 4.90 Å². The van der Waals surface area contributed by atoms with E-state index in [2.05, 4.69) is 0 Å². The van der Waals surface area contributed by atoms with Crippen LogP contribution in [-0.4, -0.2) is 17.9 Å². The van der Waals surface area contributed by atoms with Crippen LogP contribution in [0.1, 0.15) is 33.0 Å². The normalized spacial score (nSPS) is 22.0. The Labute approximate surface area is 200 Å². The number of hydrogen-bond donors (Lipinski definition) is 0. The maximum absolute atomic E-state index is 14.1. The van der Waals surface area contributed by atoms with Crippen molar-refractivity contribution in [1.82, 2.24) is 0 Å². The van der Waals surface area contributed by atoms with Crippen LogP contribution in [0.3, 0.4) is 0 Å². The number of para-hydroxylation sites is 1. The molecular weight excluding hydrogens is 451 g/mol. The molecule has 35 heavy (non-hydrogen) atoms. The minimum absolute atomic E-state index is 0.238. The average Bonchev–Trinajstić information content (AvgIpc) is 3.19. The maximum Gasteiger partial charge on any atom is 0.416 e. The Morgan fingerprint density at radius 2 is 1.51 bits per heavy atom. The highest BCUT2D eigenvalue weighted by atomic mass is 19.4. The Bertz CT molecular complexity index is 1400. The van der Waals surface area contributed by atoms with E-state index < -0.39 is 40.9 Å². The number of carbonyl (C=O) groups excluding carboxylic acids is 1. The molecular formula is C28H18F3N3O. The zero-order chi connectivity index (χ0) is 24.8. The van der Waals surface area contributed by atoms with E-state index in [1.807, 2.05) is 24.3 Å². The van der Waals surface area contributed by atoms with Gasteiger partial charge in [-0.2, -0.15) is 23.7 Å². The molecule has 0 radical (unpaired) electrons. The fourth-order valence-corrected chi connectivity index (χ4v) is 5.38. The maximum atomic E-state index is 14.1. The molecule has 3 aromatic carbocycles. The highest BCUT2D eigenvalue weighted by molar-refractivity contribution is 6.04. The van der Waals surface area contributed by atoms with Crippen molar-refractivity contribution in [2.45, 2.75) is 24.2 Å². The van der Waals surface area contributed by atoms with E-state index in [0.717, 1.165) is 11.6 Å². The number of carbonyl (C=O) groups is 1. The molecule has 172 valence electrons. The summed E-state index contributed by atoms with van der Waals surface area (Å²) in [6.07, 6.45) is -1.33. The lowest BCUT2D eigenvalue weighted by molar-refractivity contribution is -0.138. The molecule has 2 heterocycles. The van der Waals surface area contributed by atoms with Gasteiger partial charge in [0.1, 0.15) is 6.04 Å². The van der Waals surface area contributed by atoms with E-state index in [1.54, 1.807) is 59.5 Å². The average molecular weight is 469 g/mol. The van der Waals surface area contributed by atoms with Gasteiger partial charge in [0, 0.05) is 17.2 Å². The first-order chi connectivity index (χ1) is 16.8. The molecule has 1 fully saturated rings. The zero-order valence-electron chi connectivity index (χ0n) is 18.3. The largest absolute Gasteiger partial charge is 0.416 e. The van der Waals surface area contributed by atoms with E-state index in [1.165, 1.54) is 18.2 Å². The van der Waals surface area contributed by atoms with E-state index >= 15 is 0 Å². The van der Waals surface area contributed by atoms with Crippen molar-refractivity contribution in [3.63, 3.8) is 0 Å².